The van der Waals surface area contributed by atoms with Gasteiger partial charge in [0.15, 0.2) is 14.6 Å². The molecule has 10 heteroatoms. The molecule has 0 atom stereocenters. The number of benzene rings is 2. The van der Waals surface area contributed by atoms with Gasteiger partial charge in [0, 0.05) is 17.3 Å². The Morgan fingerprint density at radius 3 is 2.63 bits per heavy atom. The van der Waals surface area contributed by atoms with Crippen molar-refractivity contribution in [3.8, 4) is 5.75 Å². The molecule has 0 spiro atoms. The van der Waals surface area contributed by atoms with Crippen LogP contribution in [-0.4, -0.2) is 43.3 Å². The number of thioether (sulfide) groups is 1. The lowest BCUT2D eigenvalue weighted by Gasteiger charge is -2.05. The summed E-state index contributed by atoms with van der Waals surface area (Å²) < 4.78 is 33.5. The minimum atomic E-state index is -3.80. The number of hydrogen-bond donors (Lipinski definition) is 0. The van der Waals surface area contributed by atoms with Crippen molar-refractivity contribution in [1.29, 1.82) is 0 Å². The number of fused-ring (bicyclic) bond motifs is 1. The van der Waals surface area contributed by atoms with E-state index in [1.807, 2.05) is 35.9 Å². The second kappa shape index (κ2) is 10.00. The van der Waals surface area contributed by atoms with Crippen molar-refractivity contribution in [2.45, 2.75) is 18.4 Å². The molecule has 0 aliphatic rings. The van der Waals surface area contributed by atoms with Crippen LogP contribution in [0.3, 0.4) is 0 Å². The number of hydrogen-bond acceptors (Lipinski definition) is 6. The van der Waals surface area contributed by atoms with Crippen LogP contribution >= 0.6 is 34.7 Å². The molecule has 2 aromatic carbocycles. The van der Waals surface area contributed by atoms with Crippen molar-refractivity contribution in [2.24, 2.45) is 4.99 Å². The van der Waals surface area contributed by atoms with E-state index in [2.05, 4.69) is 4.99 Å². The first-order valence-corrected chi connectivity index (χ1v) is 13.4. The van der Waals surface area contributed by atoms with E-state index in [0.29, 0.717) is 23.0 Å². The van der Waals surface area contributed by atoms with Crippen molar-refractivity contribution >= 4 is 60.7 Å². The third kappa shape index (κ3) is 5.46. The first-order valence-electron chi connectivity index (χ1n) is 9.15. The van der Waals surface area contributed by atoms with Crippen molar-refractivity contribution in [2.75, 3.05) is 24.4 Å². The van der Waals surface area contributed by atoms with Crippen LogP contribution in [0, 0.1) is 0 Å². The second-order valence-electron chi connectivity index (χ2n) is 6.31. The molecule has 0 radical (unpaired) electrons. The van der Waals surface area contributed by atoms with Gasteiger partial charge in [0.25, 0.3) is 5.91 Å². The van der Waals surface area contributed by atoms with Gasteiger partial charge in [-0.05, 0) is 55.6 Å². The molecule has 0 aliphatic heterocycles. The smallest absolute Gasteiger partial charge is 0.263 e. The summed E-state index contributed by atoms with van der Waals surface area (Å²) >= 11 is 8.83. The molecule has 0 fully saturated rings. The minimum Gasteiger partial charge on any atom is -0.494 e. The molecule has 3 rings (SSSR count). The zero-order valence-electron chi connectivity index (χ0n) is 16.5. The molecule has 1 heterocycles. The van der Waals surface area contributed by atoms with Gasteiger partial charge < -0.3 is 9.30 Å². The van der Waals surface area contributed by atoms with E-state index in [-0.39, 0.29) is 4.90 Å². The van der Waals surface area contributed by atoms with E-state index in [4.69, 9.17) is 16.3 Å². The Balaban J connectivity index is 1.96. The number of sulfone groups is 1. The average Bonchev–Trinajstić information content (AvgIpc) is 3.02. The van der Waals surface area contributed by atoms with Crippen molar-refractivity contribution in [1.82, 2.24) is 4.57 Å². The lowest BCUT2D eigenvalue weighted by atomic mass is 10.3. The van der Waals surface area contributed by atoms with E-state index in [1.54, 1.807) is 11.8 Å². The SMILES string of the molecule is CCOc1ccc2c(c1)sc(=NC(=O)CS(=O)(=O)c1ccc(Cl)cc1)n2CCSC. The Morgan fingerprint density at radius 1 is 1.23 bits per heavy atom. The van der Waals surface area contributed by atoms with E-state index in [1.165, 1.54) is 35.6 Å². The monoisotopic (exact) mass is 484 g/mol. The summed E-state index contributed by atoms with van der Waals surface area (Å²) in [6, 6.07) is 11.5. The summed E-state index contributed by atoms with van der Waals surface area (Å²) in [6.45, 7) is 3.13. The Bertz CT molecular complexity index is 1220. The first kappa shape index (κ1) is 22.9. The van der Waals surface area contributed by atoms with Crippen molar-refractivity contribution < 1.29 is 17.9 Å². The van der Waals surface area contributed by atoms with Gasteiger partial charge in [-0.3, -0.25) is 4.79 Å². The van der Waals surface area contributed by atoms with Gasteiger partial charge in [-0.1, -0.05) is 22.9 Å². The molecule has 1 aromatic heterocycles. The number of carbonyl (C=O) groups excluding carboxylic acids is 1. The van der Waals surface area contributed by atoms with Crippen LogP contribution in [0.1, 0.15) is 6.92 Å². The quantitative estimate of drug-likeness (QED) is 0.482. The summed E-state index contributed by atoms with van der Waals surface area (Å²) in [5.41, 5.74) is 0.935. The zero-order valence-corrected chi connectivity index (χ0v) is 19.7. The fraction of sp³-hybridized carbons (Fsp3) is 0.300. The summed E-state index contributed by atoms with van der Waals surface area (Å²) in [4.78, 5) is 17.2. The maximum atomic E-state index is 12.5. The third-order valence-electron chi connectivity index (χ3n) is 4.19. The number of amides is 1. The number of aryl methyl sites for hydroxylation is 1. The fourth-order valence-electron chi connectivity index (χ4n) is 2.82. The molecular formula is C20H21ClN2O4S3. The summed E-state index contributed by atoms with van der Waals surface area (Å²) in [5.74, 6) is 0.171. The van der Waals surface area contributed by atoms with Crippen LogP contribution < -0.4 is 9.54 Å². The number of carbonyl (C=O) groups is 1. The Labute approximate surface area is 188 Å². The van der Waals surface area contributed by atoms with Crippen LogP contribution in [0.15, 0.2) is 52.4 Å². The summed E-state index contributed by atoms with van der Waals surface area (Å²) in [5, 5.41) is 0.427. The number of thiazole rings is 1. The molecule has 160 valence electrons. The van der Waals surface area contributed by atoms with E-state index in [0.717, 1.165) is 21.7 Å². The lowest BCUT2D eigenvalue weighted by Crippen LogP contribution is -2.21. The highest BCUT2D eigenvalue weighted by Gasteiger charge is 2.19. The van der Waals surface area contributed by atoms with Crippen LogP contribution in [0.4, 0.5) is 0 Å². The molecule has 0 saturated carbocycles. The maximum Gasteiger partial charge on any atom is 0.263 e. The van der Waals surface area contributed by atoms with Crippen LogP contribution in [0.25, 0.3) is 10.2 Å². The van der Waals surface area contributed by atoms with Crippen LogP contribution in [0.5, 0.6) is 5.75 Å². The average molecular weight is 485 g/mol. The van der Waals surface area contributed by atoms with Gasteiger partial charge >= 0.3 is 0 Å². The summed E-state index contributed by atoms with van der Waals surface area (Å²) in [6.07, 6.45) is 2.00. The fourth-order valence-corrected chi connectivity index (χ4v) is 5.52. The van der Waals surface area contributed by atoms with Crippen molar-refractivity contribution in [3.05, 3.63) is 52.3 Å². The standard InChI is InChI=1S/C20H21ClN2O4S3/c1-3-27-15-6-9-17-18(12-15)29-20(23(17)10-11-28-2)22-19(24)13-30(25,26)16-7-4-14(21)5-8-16/h4-9,12H,3,10-11,13H2,1-2H3. The van der Waals surface area contributed by atoms with Gasteiger partial charge in [-0.25, -0.2) is 8.42 Å². The number of ether oxygens (including phenoxy) is 1. The largest absolute Gasteiger partial charge is 0.494 e. The molecule has 0 saturated heterocycles. The summed E-state index contributed by atoms with van der Waals surface area (Å²) in [7, 11) is -3.80. The van der Waals surface area contributed by atoms with E-state index in [9.17, 15) is 13.2 Å². The Morgan fingerprint density at radius 2 is 1.97 bits per heavy atom. The number of nitrogens with zero attached hydrogens (tertiary/aromatic N) is 2. The topological polar surface area (TPSA) is 77.7 Å². The highest BCUT2D eigenvalue weighted by molar-refractivity contribution is 7.98. The Hall–Kier alpha value is -1.81. The molecule has 30 heavy (non-hydrogen) atoms. The van der Waals surface area contributed by atoms with Crippen molar-refractivity contribution in [3.63, 3.8) is 0 Å². The molecule has 0 bridgehead atoms. The first-order chi connectivity index (χ1) is 14.3. The van der Waals surface area contributed by atoms with Crippen LogP contribution in [-0.2, 0) is 21.2 Å². The number of halogens is 1. The third-order valence-corrected chi connectivity index (χ3v) is 7.69. The molecule has 3 aromatic rings. The van der Waals surface area contributed by atoms with Gasteiger partial charge in [0.2, 0.25) is 0 Å². The molecular weight excluding hydrogens is 464 g/mol. The maximum absolute atomic E-state index is 12.5. The van der Waals surface area contributed by atoms with Crippen LogP contribution in [0.2, 0.25) is 5.02 Å². The zero-order chi connectivity index (χ0) is 21.7. The highest BCUT2D eigenvalue weighted by Crippen LogP contribution is 2.24. The molecule has 0 unspecified atom stereocenters. The molecule has 6 nitrogen and oxygen atoms in total. The normalized spacial score (nSPS) is 12.4. The van der Waals surface area contributed by atoms with Gasteiger partial charge in [0.1, 0.15) is 11.5 Å². The molecule has 0 aliphatic carbocycles. The predicted octanol–water partition coefficient (Wildman–Crippen LogP) is 4.02. The minimum absolute atomic E-state index is 0.0448. The second-order valence-corrected chi connectivity index (χ2v) is 10.7. The number of rotatable bonds is 8. The van der Waals surface area contributed by atoms with Gasteiger partial charge in [-0.2, -0.15) is 16.8 Å². The van der Waals surface area contributed by atoms with E-state index < -0.39 is 21.5 Å². The number of aromatic nitrogens is 1. The molecule has 1 amide bonds. The Kier molecular flexibility index (Phi) is 7.62. The highest BCUT2D eigenvalue weighted by atomic mass is 35.5. The van der Waals surface area contributed by atoms with E-state index >= 15 is 0 Å². The predicted molar refractivity (Wildman–Crippen MR) is 123 cm³/mol. The molecule has 0 N–H and O–H groups in total. The van der Waals surface area contributed by atoms with Gasteiger partial charge in [-0.15, -0.1) is 0 Å². The lowest BCUT2D eigenvalue weighted by molar-refractivity contribution is -0.115. The van der Waals surface area contributed by atoms with Gasteiger partial charge in [0.05, 0.1) is 21.7 Å².